The van der Waals surface area contributed by atoms with Crippen molar-refractivity contribution in [2.75, 3.05) is 13.2 Å². The maximum atomic E-state index is 11.9. The third-order valence-corrected chi connectivity index (χ3v) is 2.51. The monoisotopic (exact) mass is 256 g/mol. The molecule has 0 saturated carbocycles. The van der Waals surface area contributed by atoms with Gasteiger partial charge in [0.05, 0.1) is 6.04 Å². The molecule has 0 rings (SSSR count). The van der Waals surface area contributed by atoms with Crippen LogP contribution in [0.3, 0.4) is 0 Å². The molecule has 7 heteroatoms. The zero-order valence-electron chi connectivity index (χ0n) is 10.1. The summed E-state index contributed by atoms with van der Waals surface area (Å²) in [5.41, 5.74) is 0. The minimum Gasteiger partial charge on any atom is -0.396 e. The highest BCUT2D eigenvalue weighted by Gasteiger charge is 2.29. The Labute approximate surface area is 98.6 Å². The van der Waals surface area contributed by atoms with Crippen LogP contribution >= 0.6 is 0 Å². The predicted octanol–water partition coefficient (Wildman–Crippen LogP) is 0.660. The Morgan fingerprint density at radius 3 is 2.24 bits per heavy atom. The first-order chi connectivity index (χ1) is 7.67. The first-order valence-electron chi connectivity index (χ1n) is 5.38. The van der Waals surface area contributed by atoms with Gasteiger partial charge in [-0.25, -0.2) is 0 Å². The number of alkyl halides is 3. The molecule has 0 heterocycles. The smallest absolute Gasteiger partial charge is 0.396 e. The van der Waals surface area contributed by atoms with Crippen LogP contribution in [0, 0.1) is 5.92 Å². The molecule has 17 heavy (non-hydrogen) atoms. The second-order valence-corrected chi connectivity index (χ2v) is 4.17. The normalized spacial score (nSPS) is 17.4. The lowest BCUT2D eigenvalue weighted by Gasteiger charge is -2.23. The lowest BCUT2D eigenvalue weighted by Crippen LogP contribution is -2.49. The molecule has 4 nitrogen and oxygen atoms in total. The predicted molar refractivity (Wildman–Crippen MR) is 57.4 cm³/mol. The van der Waals surface area contributed by atoms with Gasteiger partial charge in [0, 0.05) is 12.6 Å². The summed E-state index contributed by atoms with van der Waals surface area (Å²) in [6, 6.07) is -0.895. The van der Waals surface area contributed by atoms with Crippen molar-refractivity contribution in [1.29, 1.82) is 0 Å². The molecule has 0 spiro atoms. The second-order valence-electron chi connectivity index (χ2n) is 4.17. The fourth-order valence-electron chi connectivity index (χ4n) is 1.13. The van der Waals surface area contributed by atoms with E-state index >= 15 is 0 Å². The number of hydrogen-bond acceptors (Lipinski definition) is 3. The standard InChI is InChI=1S/C10H19F3N2O2/c1-6(4-16)7(2)15-8(3)9(17)14-5-10(11,12)13/h6-8,15-16H,4-5H2,1-3H3,(H,14,17). The van der Waals surface area contributed by atoms with E-state index in [9.17, 15) is 18.0 Å². The van der Waals surface area contributed by atoms with Crippen LogP contribution in [0.4, 0.5) is 13.2 Å². The molecular formula is C10H19F3N2O2. The molecule has 0 aromatic carbocycles. The molecule has 1 amide bonds. The molecule has 3 unspecified atom stereocenters. The first-order valence-corrected chi connectivity index (χ1v) is 5.38. The highest BCUT2D eigenvalue weighted by atomic mass is 19.4. The molecule has 0 aliphatic heterocycles. The maximum Gasteiger partial charge on any atom is 0.405 e. The van der Waals surface area contributed by atoms with E-state index < -0.39 is 24.7 Å². The Balaban J connectivity index is 4.06. The Morgan fingerprint density at radius 1 is 1.29 bits per heavy atom. The van der Waals surface area contributed by atoms with Gasteiger partial charge in [-0.2, -0.15) is 13.2 Å². The van der Waals surface area contributed by atoms with Crippen molar-refractivity contribution in [3.8, 4) is 0 Å². The quantitative estimate of drug-likeness (QED) is 0.654. The van der Waals surface area contributed by atoms with E-state index in [2.05, 4.69) is 5.32 Å². The molecule has 0 aromatic rings. The minimum absolute atomic E-state index is 0.0505. The first kappa shape index (κ1) is 16.2. The average Bonchev–Trinajstić information content (AvgIpc) is 2.23. The van der Waals surface area contributed by atoms with Gasteiger partial charge in [0.25, 0.3) is 0 Å². The van der Waals surface area contributed by atoms with Crippen molar-refractivity contribution < 1.29 is 23.1 Å². The summed E-state index contributed by atoms with van der Waals surface area (Å²) < 4.78 is 35.6. The van der Waals surface area contributed by atoms with Gasteiger partial charge in [0.15, 0.2) is 0 Å². The van der Waals surface area contributed by atoms with Gasteiger partial charge in [-0.1, -0.05) is 6.92 Å². The third kappa shape index (κ3) is 7.17. The van der Waals surface area contributed by atoms with Crippen LogP contribution in [0.2, 0.25) is 0 Å². The fourth-order valence-corrected chi connectivity index (χ4v) is 1.13. The van der Waals surface area contributed by atoms with Crippen molar-refractivity contribution in [3.05, 3.63) is 0 Å². The number of nitrogens with one attached hydrogen (secondary N) is 2. The second kappa shape index (κ2) is 6.80. The SMILES string of the molecule is CC(NC(C)C(C)CO)C(=O)NCC(F)(F)F. The zero-order chi connectivity index (χ0) is 13.6. The summed E-state index contributed by atoms with van der Waals surface area (Å²) in [5, 5.41) is 13.5. The van der Waals surface area contributed by atoms with Gasteiger partial charge in [-0.3, -0.25) is 4.79 Å². The summed E-state index contributed by atoms with van der Waals surface area (Å²) in [6.07, 6.45) is -4.40. The van der Waals surface area contributed by atoms with Crippen LogP contribution < -0.4 is 10.6 Å². The van der Waals surface area contributed by atoms with Gasteiger partial charge >= 0.3 is 6.18 Å². The Kier molecular flexibility index (Phi) is 6.48. The van der Waals surface area contributed by atoms with Gasteiger partial charge in [0.1, 0.15) is 6.54 Å². The van der Waals surface area contributed by atoms with Gasteiger partial charge in [-0.15, -0.1) is 0 Å². The summed E-state index contributed by atoms with van der Waals surface area (Å²) in [4.78, 5) is 11.3. The summed E-state index contributed by atoms with van der Waals surface area (Å²) in [6.45, 7) is 3.63. The van der Waals surface area contributed by atoms with Crippen molar-refractivity contribution in [2.45, 2.75) is 39.0 Å². The Morgan fingerprint density at radius 2 is 1.82 bits per heavy atom. The zero-order valence-corrected chi connectivity index (χ0v) is 10.1. The van der Waals surface area contributed by atoms with Crippen LogP contribution in [-0.2, 0) is 4.79 Å². The molecule has 0 saturated heterocycles. The number of hydrogen-bond donors (Lipinski definition) is 3. The van der Waals surface area contributed by atoms with Crippen molar-refractivity contribution >= 4 is 5.91 Å². The molecule has 3 N–H and O–H groups in total. The summed E-state index contributed by atoms with van der Waals surface area (Å²) in [5.74, 6) is -0.785. The van der Waals surface area contributed by atoms with E-state index in [1.807, 2.05) is 0 Å². The maximum absolute atomic E-state index is 11.9. The molecule has 0 radical (unpaired) electrons. The van der Waals surface area contributed by atoms with Crippen LogP contribution in [-0.4, -0.2) is 42.4 Å². The highest BCUT2D eigenvalue weighted by molar-refractivity contribution is 5.81. The van der Waals surface area contributed by atoms with Crippen LogP contribution in [0.25, 0.3) is 0 Å². The van der Waals surface area contributed by atoms with Crippen molar-refractivity contribution in [2.24, 2.45) is 5.92 Å². The van der Waals surface area contributed by atoms with Crippen LogP contribution in [0.1, 0.15) is 20.8 Å². The van der Waals surface area contributed by atoms with Gasteiger partial charge in [-0.05, 0) is 19.8 Å². The average molecular weight is 256 g/mol. The summed E-state index contributed by atoms with van der Waals surface area (Å²) >= 11 is 0. The number of amides is 1. The van der Waals surface area contributed by atoms with E-state index in [1.54, 1.807) is 19.2 Å². The van der Waals surface area contributed by atoms with Crippen LogP contribution in [0.15, 0.2) is 0 Å². The topological polar surface area (TPSA) is 61.4 Å². The van der Waals surface area contributed by atoms with Gasteiger partial charge < -0.3 is 15.7 Å². The Bertz CT molecular complexity index is 246. The molecule has 0 bridgehead atoms. The molecule has 0 fully saturated rings. The third-order valence-electron chi connectivity index (χ3n) is 2.51. The largest absolute Gasteiger partial charge is 0.405 e. The van der Waals surface area contributed by atoms with E-state index in [-0.39, 0.29) is 18.6 Å². The van der Waals surface area contributed by atoms with Crippen molar-refractivity contribution in [1.82, 2.24) is 10.6 Å². The molecule has 0 aromatic heterocycles. The molecule has 102 valence electrons. The molecular weight excluding hydrogens is 237 g/mol. The lowest BCUT2D eigenvalue weighted by molar-refractivity contribution is -0.139. The fraction of sp³-hybridized carbons (Fsp3) is 0.900. The summed E-state index contributed by atoms with van der Waals surface area (Å²) in [7, 11) is 0. The number of halogens is 3. The number of carbonyl (C=O) groups is 1. The van der Waals surface area contributed by atoms with Crippen LogP contribution in [0.5, 0.6) is 0 Å². The van der Waals surface area contributed by atoms with E-state index in [0.29, 0.717) is 0 Å². The number of aliphatic hydroxyl groups is 1. The number of carbonyl (C=O) groups excluding carboxylic acids is 1. The van der Waals surface area contributed by atoms with E-state index in [1.165, 1.54) is 6.92 Å². The highest BCUT2D eigenvalue weighted by Crippen LogP contribution is 2.12. The van der Waals surface area contributed by atoms with E-state index in [4.69, 9.17) is 5.11 Å². The number of rotatable bonds is 6. The molecule has 0 aliphatic carbocycles. The molecule has 0 aliphatic rings. The minimum atomic E-state index is -4.40. The lowest BCUT2D eigenvalue weighted by atomic mass is 10.0. The Hall–Kier alpha value is -0.820. The van der Waals surface area contributed by atoms with Crippen molar-refractivity contribution in [3.63, 3.8) is 0 Å². The number of aliphatic hydroxyl groups excluding tert-OH is 1. The van der Waals surface area contributed by atoms with E-state index in [0.717, 1.165) is 0 Å². The molecule has 3 atom stereocenters. The van der Waals surface area contributed by atoms with Gasteiger partial charge in [0.2, 0.25) is 5.91 Å².